The molecule has 1 fully saturated rings. The topological polar surface area (TPSA) is 70.4 Å². The molecule has 1 aromatic rings. The van der Waals surface area contributed by atoms with Gasteiger partial charge in [-0.05, 0) is 31.2 Å². The summed E-state index contributed by atoms with van der Waals surface area (Å²) >= 11 is 0. The number of carbonyl (C=O) groups excluding carboxylic acids is 2. The first-order valence-corrected chi connectivity index (χ1v) is 5.98. The second kappa shape index (κ2) is 5.11. The predicted molar refractivity (Wildman–Crippen MR) is 68.4 cm³/mol. The molecule has 0 bridgehead atoms. The fraction of sp³-hybridized carbons (Fsp3) is 0.357. The maximum Gasteiger partial charge on any atom is 0.337 e. The number of hydrogen-bond acceptors (Lipinski definition) is 4. The lowest BCUT2D eigenvalue weighted by Crippen LogP contribution is -2.32. The maximum atomic E-state index is 11.9. The van der Waals surface area contributed by atoms with Crippen molar-refractivity contribution in [2.75, 3.05) is 12.0 Å². The molecule has 19 heavy (non-hydrogen) atoms. The van der Waals surface area contributed by atoms with E-state index in [1.54, 1.807) is 29.2 Å². The molecule has 5 nitrogen and oxygen atoms in total. The van der Waals surface area contributed by atoms with Crippen molar-refractivity contribution >= 4 is 17.6 Å². The summed E-state index contributed by atoms with van der Waals surface area (Å²) in [6.07, 6.45) is 0.246. The number of nitriles is 1. The molecular formula is C14H14N2O3. The second-order valence-corrected chi connectivity index (χ2v) is 4.48. The van der Waals surface area contributed by atoms with Crippen molar-refractivity contribution < 1.29 is 14.3 Å². The average molecular weight is 258 g/mol. The van der Waals surface area contributed by atoms with Crippen molar-refractivity contribution in [2.45, 2.75) is 19.4 Å². The number of methoxy groups -OCH3 is 1. The minimum atomic E-state index is -0.415. The number of carbonyl (C=O) groups is 2. The lowest BCUT2D eigenvalue weighted by Gasteiger charge is -2.22. The first kappa shape index (κ1) is 13.1. The number of esters is 1. The van der Waals surface area contributed by atoms with E-state index in [4.69, 9.17) is 5.26 Å². The third kappa shape index (κ3) is 2.29. The molecule has 1 aliphatic rings. The quantitative estimate of drug-likeness (QED) is 0.757. The largest absolute Gasteiger partial charge is 0.465 e. The number of ether oxygens (including phenoxy) is 1. The Balaban J connectivity index is 2.26. The second-order valence-electron chi connectivity index (χ2n) is 4.48. The zero-order valence-electron chi connectivity index (χ0n) is 10.8. The Bertz CT molecular complexity index is 545. The van der Waals surface area contributed by atoms with Crippen molar-refractivity contribution in [2.24, 2.45) is 5.92 Å². The van der Waals surface area contributed by atoms with Crippen LogP contribution < -0.4 is 4.90 Å². The summed E-state index contributed by atoms with van der Waals surface area (Å²) in [6, 6.07) is 8.61. The molecule has 0 spiro atoms. The predicted octanol–water partition coefficient (Wildman–Crippen LogP) is 1.74. The van der Waals surface area contributed by atoms with Crippen molar-refractivity contribution in [1.29, 1.82) is 5.26 Å². The van der Waals surface area contributed by atoms with Crippen molar-refractivity contribution in [3.63, 3.8) is 0 Å². The van der Waals surface area contributed by atoms with Crippen molar-refractivity contribution in [3.05, 3.63) is 29.8 Å². The number of anilines is 1. The summed E-state index contributed by atoms with van der Waals surface area (Å²) in [4.78, 5) is 24.8. The zero-order chi connectivity index (χ0) is 14.0. The average Bonchev–Trinajstić information content (AvgIpc) is 2.72. The number of rotatable bonds is 2. The van der Waals surface area contributed by atoms with Crippen LogP contribution in [-0.2, 0) is 9.53 Å². The number of nitrogens with zero attached hydrogens (tertiary/aromatic N) is 2. The highest BCUT2D eigenvalue weighted by Crippen LogP contribution is 2.30. The Morgan fingerprint density at radius 3 is 2.53 bits per heavy atom. The lowest BCUT2D eigenvalue weighted by atomic mass is 10.0. The molecule has 2 rings (SSSR count). The molecule has 0 N–H and O–H groups in total. The van der Waals surface area contributed by atoms with Gasteiger partial charge < -0.3 is 9.64 Å². The van der Waals surface area contributed by atoms with Crippen LogP contribution in [0.4, 0.5) is 5.69 Å². The van der Waals surface area contributed by atoms with E-state index >= 15 is 0 Å². The molecule has 0 saturated carbocycles. The molecule has 2 unspecified atom stereocenters. The fourth-order valence-electron chi connectivity index (χ4n) is 2.27. The highest BCUT2D eigenvalue weighted by molar-refractivity contribution is 5.97. The first-order valence-electron chi connectivity index (χ1n) is 5.98. The monoisotopic (exact) mass is 258 g/mol. The molecule has 1 saturated heterocycles. The molecular weight excluding hydrogens is 244 g/mol. The van der Waals surface area contributed by atoms with Gasteiger partial charge in [0.2, 0.25) is 5.91 Å². The van der Waals surface area contributed by atoms with E-state index in [9.17, 15) is 9.59 Å². The normalized spacial score (nSPS) is 22.2. The van der Waals surface area contributed by atoms with Crippen LogP contribution >= 0.6 is 0 Å². The van der Waals surface area contributed by atoms with Crippen LogP contribution in [0, 0.1) is 17.2 Å². The van der Waals surface area contributed by atoms with Crippen LogP contribution in [0.3, 0.4) is 0 Å². The van der Waals surface area contributed by atoms with Gasteiger partial charge in [0.05, 0.1) is 30.7 Å². The fourth-order valence-corrected chi connectivity index (χ4v) is 2.27. The zero-order valence-corrected chi connectivity index (χ0v) is 10.8. The van der Waals surface area contributed by atoms with Crippen LogP contribution in [0.5, 0.6) is 0 Å². The summed E-state index contributed by atoms with van der Waals surface area (Å²) in [5.74, 6) is -0.764. The van der Waals surface area contributed by atoms with E-state index in [0.29, 0.717) is 11.3 Å². The van der Waals surface area contributed by atoms with Gasteiger partial charge in [0.25, 0.3) is 0 Å². The molecule has 0 aromatic heterocycles. The molecule has 0 aliphatic carbocycles. The van der Waals surface area contributed by atoms with Gasteiger partial charge in [-0.25, -0.2) is 4.79 Å². The van der Waals surface area contributed by atoms with Gasteiger partial charge in [-0.1, -0.05) is 0 Å². The lowest BCUT2D eigenvalue weighted by molar-refractivity contribution is -0.117. The summed E-state index contributed by atoms with van der Waals surface area (Å²) in [5.41, 5.74) is 1.13. The first-order chi connectivity index (χ1) is 9.08. The Morgan fingerprint density at radius 2 is 2.05 bits per heavy atom. The Kier molecular flexibility index (Phi) is 3.52. The smallest absolute Gasteiger partial charge is 0.337 e. The third-order valence-electron chi connectivity index (χ3n) is 3.39. The van der Waals surface area contributed by atoms with Crippen LogP contribution in [0.25, 0.3) is 0 Å². The van der Waals surface area contributed by atoms with Crippen LogP contribution in [0.15, 0.2) is 24.3 Å². The van der Waals surface area contributed by atoms with Crippen LogP contribution in [0.1, 0.15) is 23.7 Å². The highest BCUT2D eigenvalue weighted by atomic mass is 16.5. The summed E-state index contributed by atoms with van der Waals surface area (Å²) < 4.78 is 4.62. The molecule has 5 heteroatoms. The van der Waals surface area contributed by atoms with Gasteiger partial charge >= 0.3 is 5.97 Å². The summed E-state index contributed by atoms with van der Waals surface area (Å²) in [6.45, 7) is 1.85. The van der Waals surface area contributed by atoms with Gasteiger partial charge in [0.1, 0.15) is 0 Å². The third-order valence-corrected chi connectivity index (χ3v) is 3.39. The number of hydrogen-bond donors (Lipinski definition) is 0. The van der Waals surface area contributed by atoms with E-state index in [2.05, 4.69) is 10.8 Å². The molecule has 1 heterocycles. The van der Waals surface area contributed by atoms with Crippen molar-refractivity contribution in [3.8, 4) is 6.07 Å². The van der Waals surface area contributed by atoms with Gasteiger partial charge in [0, 0.05) is 12.1 Å². The minimum Gasteiger partial charge on any atom is -0.465 e. The molecule has 1 aromatic carbocycles. The van der Waals surface area contributed by atoms with E-state index in [1.807, 2.05) is 6.92 Å². The van der Waals surface area contributed by atoms with Crippen molar-refractivity contribution in [1.82, 2.24) is 0 Å². The maximum absolute atomic E-state index is 11.9. The van der Waals surface area contributed by atoms with E-state index in [0.717, 1.165) is 0 Å². The van der Waals surface area contributed by atoms with E-state index < -0.39 is 5.97 Å². The molecule has 1 aliphatic heterocycles. The Hall–Kier alpha value is -2.35. The van der Waals surface area contributed by atoms with E-state index in [1.165, 1.54) is 7.11 Å². The van der Waals surface area contributed by atoms with Crippen LogP contribution in [-0.4, -0.2) is 25.0 Å². The highest BCUT2D eigenvalue weighted by Gasteiger charge is 2.37. The minimum absolute atomic E-state index is 0.0649. The summed E-state index contributed by atoms with van der Waals surface area (Å²) in [5, 5.41) is 8.98. The Morgan fingerprint density at radius 1 is 1.42 bits per heavy atom. The van der Waals surface area contributed by atoms with Gasteiger partial charge in [0.15, 0.2) is 0 Å². The van der Waals surface area contributed by atoms with Gasteiger partial charge in [-0.15, -0.1) is 0 Å². The summed E-state index contributed by atoms with van der Waals surface area (Å²) in [7, 11) is 1.32. The number of benzene rings is 1. The molecule has 98 valence electrons. The number of amides is 1. The Labute approximate surface area is 111 Å². The molecule has 2 atom stereocenters. The standard InChI is InChI=1S/C14H14N2O3/c1-9-11(8-15)7-13(17)16(9)12-5-3-10(4-6-12)14(18)19-2/h3-6,9,11H,7H2,1-2H3. The van der Waals surface area contributed by atoms with Gasteiger partial charge in [-0.2, -0.15) is 5.26 Å². The van der Waals surface area contributed by atoms with Crippen LogP contribution in [0.2, 0.25) is 0 Å². The van der Waals surface area contributed by atoms with Gasteiger partial charge in [-0.3, -0.25) is 4.79 Å². The molecule has 0 radical (unpaired) electrons. The SMILES string of the molecule is COC(=O)c1ccc(N2C(=O)CC(C#N)C2C)cc1. The van der Waals surface area contributed by atoms with E-state index in [-0.39, 0.29) is 24.3 Å². The molecule has 1 amide bonds.